The SMILES string of the molecule is CC(C)(C)OC(=O)NC[C@@H](F)C(C)(C)OP(C)(C)=O. The van der Waals surface area contributed by atoms with E-state index < -0.39 is 30.8 Å². The molecule has 0 aliphatic carbocycles. The molecule has 0 aromatic carbocycles. The van der Waals surface area contributed by atoms with Crippen molar-refractivity contribution in [1.82, 2.24) is 5.32 Å². The topological polar surface area (TPSA) is 64.6 Å². The maximum absolute atomic E-state index is 14.0. The number of carbonyl (C=O) groups is 1. The number of amides is 1. The number of hydrogen-bond donors (Lipinski definition) is 1. The van der Waals surface area contributed by atoms with Crippen LogP contribution in [0.4, 0.5) is 9.18 Å². The molecule has 0 aromatic rings. The van der Waals surface area contributed by atoms with Crippen molar-refractivity contribution in [3.8, 4) is 0 Å². The second-order valence-corrected chi connectivity index (χ2v) is 8.98. The van der Waals surface area contributed by atoms with Crippen molar-refractivity contribution in [2.24, 2.45) is 0 Å². The molecule has 0 rings (SSSR count). The van der Waals surface area contributed by atoms with Gasteiger partial charge in [0, 0.05) is 13.3 Å². The Labute approximate surface area is 114 Å². The molecule has 0 aromatic heterocycles. The lowest BCUT2D eigenvalue weighted by Gasteiger charge is -2.31. The van der Waals surface area contributed by atoms with E-state index in [1.165, 1.54) is 27.2 Å². The number of hydrogen-bond acceptors (Lipinski definition) is 4. The molecular weight excluding hydrogens is 272 g/mol. The highest BCUT2D eigenvalue weighted by atomic mass is 31.2. The number of alkyl carbamates (subject to hydrolysis) is 1. The van der Waals surface area contributed by atoms with E-state index in [2.05, 4.69) is 5.32 Å². The molecule has 0 saturated heterocycles. The lowest BCUT2D eigenvalue weighted by atomic mass is 10.0. The van der Waals surface area contributed by atoms with Gasteiger partial charge in [-0.05, 0) is 34.6 Å². The number of nitrogens with one attached hydrogen (secondary N) is 1. The van der Waals surface area contributed by atoms with E-state index in [-0.39, 0.29) is 6.54 Å². The molecule has 0 spiro atoms. The van der Waals surface area contributed by atoms with Crippen LogP contribution in [0.2, 0.25) is 0 Å². The van der Waals surface area contributed by atoms with Crippen molar-refractivity contribution in [3.05, 3.63) is 0 Å². The average molecular weight is 297 g/mol. The molecule has 7 heteroatoms. The van der Waals surface area contributed by atoms with E-state index in [0.717, 1.165) is 0 Å². The van der Waals surface area contributed by atoms with Gasteiger partial charge in [-0.3, -0.25) is 4.57 Å². The van der Waals surface area contributed by atoms with E-state index in [1.54, 1.807) is 20.8 Å². The molecule has 114 valence electrons. The zero-order valence-corrected chi connectivity index (χ0v) is 13.6. The molecule has 0 saturated carbocycles. The summed E-state index contributed by atoms with van der Waals surface area (Å²) in [5.74, 6) is 0. The van der Waals surface area contributed by atoms with Gasteiger partial charge in [0.25, 0.3) is 0 Å². The van der Waals surface area contributed by atoms with Gasteiger partial charge >= 0.3 is 6.09 Å². The maximum Gasteiger partial charge on any atom is 0.407 e. The number of alkyl halides is 1. The predicted molar refractivity (Wildman–Crippen MR) is 73.8 cm³/mol. The largest absolute Gasteiger partial charge is 0.444 e. The summed E-state index contributed by atoms with van der Waals surface area (Å²) in [6, 6.07) is 0. The van der Waals surface area contributed by atoms with Crippen LogP contribution in [0.1, 0.15) is 34.6 Å². The van der Waals surface area contributed by atoms with E-state index in [0.29, 0.717) is 0 Å². The van der Waals surface area contributed by atoms with E-state index in [9.17, 15) is 13.8 Å². The van der Waals surface area contributed by atoms with Gasteiger partial charge in [-0.1, -0.05) is 0 Å². The molecule has 0 aliphatic heterocycles. The Morgan fingerprint density at radius 3 is 2.11 bits per heavy atom. The Bertz CT molecular complexity index is 359. The molecule has 0 radical (unpaired) electrons. The van der Waals surface area contributed by atoms with Gasteiger partial charge in [0.2, 0.25) is 0 Å². The zero-order valence-electron chi connectivity index (χ0n) is 12.7. The second-order valence-electron chi connectivity index (χ2n) is 6.30. The molecule has 1 N–H and O–H groups in total. The first kappa shape index (κ1) is 18.4. The lowest BCUT2D eigenvalue weighted by molar-refractivity contribution is 0.0192. The first-order chi connectivity index (χ1) is 8.23. The van der Waals surface area contributed by atoms with Gasteiger partial charge in [0.1, 0.15) is 17.4 Å². The first-order valence-corrected chi connectivity index (χ1v) is 8.61. The molecule has 1 atom stereocenters. The zero-order chi connectivity index (χ0) is 15.5. The van der Waals surface area contributed by atoms with Gasteiger partial charge in [-0.2, -0.15) is 0 Å². The minimum absolute atomic E-state index is 0.262. The van der Waals surface area contributed by atoms with Crippen LogP contribution in [-0.2, 0) is 13.8 Å². The predicted octanol–water partition coefficient (Wildman–Crippen LogP) is 3.18. The monoisotopic (exact) mass is 297 g/mol. The Morgan fingerprint density at radius 2 is 1.74 bits per heavy atom. The maximum atomic E-state index is 14.0. The number of halogens is 1. The van der Waals surface area contributed by atoms with Crippen LogP contribution in [0.25, 0.3) is 0 Å². The quantitative estimate of drug-likeness (QED) is 0.792. The van der Waals surface area contributed by atoms with Crippen molar-refractivity contribution in [1.29, 1.82) is 0 Å². The summed E-state index contributed by atoms with van der Waals surface area (Å²) >= 11 is 0. The van der Waals surface area contributed by atoms with Crippen LogP contribution >= 0.6 is 7.37 Å². The molecule has 5 nitrogen and oxygen atoms in total. The molecule has 0 aliphatic rings. The van der Waals surface area contributed by atoms with Crippen molar-refractivity contribution >= 4 is 13.5 Å². The number of ether oxygens (including phenoxy) is 1. The standard InChI is InChI=1S/C12H25FNO4P/c1-11(2,3)17-10(15)14-8-9(13)12(4,5)18-19(6,7)16/h9H,8H2,1-7H3,(H,14,15)/t9-/m1/s1. The van der Waals surface area contributed by atoms with Crippen molar-refractivity contribution < 1.29 is 23.0 Å². The fourth-order valence-electron chi connectivity index (χ4n) is 1.36. The fourth-order valence-corrected chi connectivity index (χ4v) is 2.60. The highest BCUT2D eigenvalue weighted by molar-refractivity contribution is 7.57. The highest BCUT2D eigenvalue weighted by Crippen LogP contribution is 2.43. The molecule has 1 amide bonds. The van der Waals surface area contributed by atoms with Crippen LogP contribution in [0, 0.1) is 0 Å². The highest BCUT2D eigenvalue weighted by Gasteiger charge is 2.35. The van der Waals surface area contributed by atoms with Crippen molar-refractivity contribution in [2.45, 2.75) is 52.0 Å². The Kier molecular flexibility index (Phi) is 6.03. The lowest BCUT2D eigenvalue weighted by Crippen LogP contribution is -2.44. The molecule has 0 bridgehead atoms. The van der Waals surface area contributed by atoms with Gasteiger partial charge in [0.15, 0.2) is 7.37 Å². The summed E-state index contributed by atoms with van der Waals surface area (Å²) in [5, 5.41) is 2.32. The molecule has 0 unspecified atom stereocenters. The van der Waals surface area contributed by atoms with Gasteiger partial charge in [-0.25, -0.2) is 9.18 Å². The minimum atomic E-state index is -2.81. The smallest absolute Gasteiger partial charge is 0.407 e. The van der Waals surface area contributed by atoms with Crippen LogP contribution < -0.4 is 5.32 Å². The third-order valence-corrected chi connectivity index (χ3v) is 2.94. The number of carbonyl (C=O) groups excluding carboxylic acids is 1. The van der Waals surface area contributed by atoms with E-state index >= 15 is 0 Å². The Hall–Kier alpha value is -0.610. The van der Waals surface area contributed by atoms with Crippen molar-refractivity contribution in [2.75, 3.05) is 19.9 Å². The van der Waals surface area contributed by atoms with Crippen LogP contribution in [0.3, 0.4) is 0 Å². The van der Waals surface area contributed by atoms with E-state index in [1.807, 2.05) is 0 Å². The van der Waals surface area contributed by atoms with E-state index in [4.69, 9.17) is 9.26 Å². The normalized spacial score (nSPS) is 14.9. The summed E-state index contributed by atoms with van der Waals surface area (Å²) in [6.07, 6.45) is -2.18. The average Bonchev–Trinajstić information content (AvgIpc) is 2.06. The molecule has 19 heavy (non-hydrogen) atoms. The third kappa shape index (κ3) is 9.00. The summed E-state index contributed by atoms with van der Waals surface area (Å²) in [6.45, 7) is 10.7. The fraction of sp³-hybridized carbons (Fsp3) is 0.917. The Morgan fingerprint density at radius 1 is 1.26 bits per heavy atom. The Balaban J connectivity index is 4.35. The third-order valence-electron chi connectivity index (χ3n) is 2.03. The molecular formula is C12H25FNO4P. The van der Waals surface area contributed by atoms with Crippen LogP contribution in [0.15, 0.2) is 0 Å². The summed E-state index contributed by atoms with van der Waals surface area (Å²) < 4.78 is 35.7. The second kappa shape index (κ2) is 6.23. The van der Waals surface area contributed by atoms with Gasteiger partial charge in [0.05, 0.1) is 6.54 Å². The van der Waals surface area contributed by atoms with Gasteiger partial charge < -0.3 is 14.6 Å². The summed E-state index contributed by atoms with van der Waals surface area (Å²) in [7, 11) is -2.81. The van der Waals surface area contributed by atoms with Crippen LogP contribution in [-0.4, -0.2) is 43.3 Å². The molecule has 0 heterocycles. The van der Waals surface area contributed by atoms with Crippen molar-refractivity contribution in [3.63, 3.8) is 0 Å². The molecule has 0 fully saturated rings. The first-order valence-electron chi connectivity index (χ1n) is 6.09. The van der Waals surface area contributed by atoms with Crippen LogP contribution in [0.5, 0.6) is 0 Å². The van der Waals surface area contributed by atoms with Gasteiger partial charge in [-0.15, -0.1) is 0 Å². The summed E-state index contributed by atoms with van der Waals surface area (Å²) in [4.78, 5) is 11.4. The minimum Gasteiger partial charge on any atom is -0.444 e. The summed E-state index contributed by atoms with van der Waals surface area (Å²) in [5.41, 5.74) is -1.88. The number of rotatable bonds is 5.